The maximum Gasteiger partial charge on any atom is 0.0640 e. The van der Waals surface area contributed by atoms with Gasteiger partial charge in [-0.2, -0.15) is 0 Å². The van der Waals surface area contributed by atoms with E-state index < -0.39 is 0 Å². The Bertz CT molecular complexity index is 3630. The molecule has 12 rings (SSSR count). The first-order valence-corrected chi connectivity index (χ1v) is 22.1. The molecule has 62 heavy (non-hydrogen) atoms. The van der Waals surface area contributed by atoms with Gasteiger partial charge in [-0.3, -0.25) is 0 Å². The second-order valence-corrected chi connectivity index (χ2v) is 17.1. The Kier molecular flexibility index (Phi) is 8.76. The summed E-state index contributed by atoms with van der Waals surface area (Å²) in [4.78, 5) is 2.46. The highest BCUT2D eigenvalue weighted by atomic mass is 32.1. The van der Waals surface area contributed by atoms with E-state index in [0.29, 0.717) is 0 Å². The van der Waals surface area contributed by atoms with Gasteiger partial charge in [-0.1, -0.05) is 188 Å². The maximum atomic E-state index is 2.46. The lowest BCUT2D eigenvalue weighted by molar-refractivity contribution is 1.31. The average Bonchev–Trinajstić information content (AvgIpc) is 3.74. The molecule has 1 aromatic heterocycles. The minimum Gasteiger partial charge on any atom is -0.309 e. The fourth-order valence-electron chi connectivity index (χ4n) is 9.52. The predicted octanol–water partition coefficient (Wildman–Crippen LogP) is 17.7. The third kappa shape index (κ3) is 6.15. The summed E-state index contributed by atoms with van der Waals surface area (Å²) < 4.78 is 2.57. The molecule has 0 aliphatic carbocycles. The predicted molar refractivity (Wildman–Crippen MR) is 268 cm³/mol. The summed E-state index contributed by atoms with van der Waals surface area (Å²) in [7, 11) is 0. The van der Waals surface area contributed by atoms with Crippen molar-refractivity contribution in [2.75, 3.05) is 4.90 Å². The van der Waals surface area contributed by atoms with E-state index in [0.717, 1.165) is 11.4 Å². The van der Waals surface area contributed by atoms with Gasteiger partial charge in [0.15, 0.2) is 0 Å². The van der Waals surface area contributed by atoms with Crippen molar-refractivity contribution < 1.29 is 0 Å². The molecular formula is C60H39NS. The molecule has 0 aliphatic heterocycles. The van der Waals surface area contributed by atoms with Crippen LogP contribution in [0.5, 0.6) is 0 Å². The van der Waals surface area contributed by atoms with Crippen molar-refractivity contribution in [2.24, 2.45) is 0 Å². The van der Waals surface area contributed by atoms with Gasteiger partial charge < -0.3 is 4.90 Å². The fourth-order valence-corrected chi connectivity index (χ4v) is 10.7. The molecule has 2 heteroatoms. The Balaban J connectivity index is 1.06. The molecule has 290 valence electrons. The summed E-state index contributed by atoms with van der Waals surface area (Å²) in [6, 6.07) is 86.8. The lowest BCUT2D eigenvalue weighted by Crippen LogP contribution is -2.10. The molecule has 0 radical (unpaired) electrons. The van der Waals surface area contributed by atoms with Gasteiger partial charge in [0, 0.05) is 26.8 Å². The Morgan fingerprint density at radius 2 is 0.790 bits per heavy atom. The van der Waals surface area contributed by atoms with Gasteiger partial charge in [0.05, 0.1) is 10.4 Å². The summed E-state index contributed by atoms with van der Waals surface area (Å²) in [6.07, 6.45) is 0. The summed E-state index contributed by atoms with van der Waals surface area (Å²) in [5.74, 6) is 0. The molecule has 12 aromatic rings. The van der Waals surface area contributed by atoms with Gasteiger partial charge in [0.2, 0.25) is 0 Å². The van der Waals surface area contributed by atoms with E-state index in [1.54, 1.807) is 0 Å². The molecule has 0 N–H and O–H groups in total. The van der Waals surface area contributed by atoms with Crippen LogP contribution in [0, 0.1) is 0 Å². The minimum atomic E-state index is 1.11. The third-order valence-corrected chi connectivity index (χ3v) is 13.6. The van der Waals surface area contributed by atoms with E-state index in [-0.39, 0.29) is 0 Å². The number of rotatable bonds is 7. The second-order valence-electron chi connectivity index (χ2n) is 16.0. The van der Waals surface area contributed by atoms with Crippen molar-refractivity contribution in [3.05, 3.63) is 237 Å². The van der Waals surface area contributed by atoms with Crippen LogP contribution in [0.15, 0.2) is 237 Å². The highest BCUT2D eigenvalue weighted by Crippen LogP contribution is 2.48. The number of hydrogen-bond acceptors (Lipinski definition) is 2. The van der Waals surface area contributed by atoms with E-state index >= 15 is 0 Å². The molecule has 0 saturated heterocycles. The van der Waals surface area contributed by atoms with Crippen LogP contribution < -0.4 is 4.90 Å². The maximum absolute atomic E-state index is 2.46. The lowest BCUT2D eigenvalue weighted by Gasteiger charge is -2.27. The highest BCUT2D eigenvalue weighted by Gasteiger charge is 2.21. The zero-order valence-electron chi connectivity index (χ0n) is 33.9. The molecule has 0 amide bonds. The molecule has 1 heterocycles. The first-order valence-electron chi connectivity index (χ1n) is 21.2. The Morgan fingerprint density at radius 3 is 1.56 bits per heavy atom. The zero-order valence-corrected chi connectivity index (χ0v) is 34.7. The average molecular weight is 806 g/mol. The van der Waals surface area contributed by atoms with Crippen molar-refractivity contribution in [1.29, 1.82) is 0 Å². The molecule has 11 aromatic carbocycles. The molecule has 0 spiro atoms. The molecule has 0 atom stereocenters. The second kappa shape index (κ2) is 15.0. The van der Waals surface area contributed by atoms with Crippen LogP contribution in [-0.2, 0) is 0 Å². The number of thiophene rings is 1. The van der Waals surface area contributed by atoms with Crippen molar-refractivity contribution in [3.8, 4) is 44.5 Å². The third-order valence-electron chi connectivity index (χ3n) is 12.4. The molecular weight excluding hydrogens is 767 g/mol. The number of fused-ring (bicyclic) bond motifs is 7. The smallest absolute Gasteiger partial charge is 0.0640 e. The Hall–Kier alpha value is -7.78. The number of nitrogens with zero attached hydrogens (tertiary/aromatic N) is 1. The fraction of sp³-hybridized carbons (Fsp3) is 0. The lowest BCUT2D eigenvalue weighted by atomic mass is 9.84. The molecule has 0 saturated carbocycles. The normalized spacial score (nSPS) is 11.5. The number of benzene rings is 11. The Labute approximate surface area is 365 Å². The molecule has 0 aliphatic rings. The van der Waals surface area contributed by atoms with Gasteiger partial charge in [-0.25, -0.2) is 0 Å². The van der Waals surface area contributed by atoms with Gasteiger partial charge in [0.25, 0.3) is 0 Å². The summed E-state index contributed by atoms with van der Waals surface area (Å²) in [5, 5.41) is 10.0. The van der Waals surface area contributed by atoms with E-state index in [1.165, 1.54) is 103 Å². The van der Waals surface area contributed by atoms with Crippen LogP contribution in [0.3, 0.4) is 0 Å². The molecule has 0 unspecified atom stereocenters. The monoisotopic (exact) mass is 805 g/mol. The van der Waals surface area contributed by atoms with Crippen LogP contribution in [0.25, 0.3) is 97.0 Å². The van der Waals surface area contributed by atoms with Crippen molar-refractivity contribution in [1.82, 2.24) is 0 Å². The molecule has 0 fully saturated rings. The molecule has 1 nitrogen and oxygen atoms in total. The van der Waals surface area contributed by atoms with Crippen LogP contribution in [0.1, 0.15) is 0 Å². The Morgan fingerprint density at radius 1 is 0.274 bits per heavy atom. The van der Waals surface area contributed by atoms with E-state index in [9.17, 15) is 0 Å². The number of anilines is 3. The van der Waals surface area contributed by atoms with Crippen LogP contribution in [0.2, 0.25) is 0 Å². The standard InChI is InChI=1S/C60H39NS/c1-4-16-40(17-5-1)44-30-31-46-38-49(34-32-45(46)36-44)61(56-28-15-27-54-52-25-12-13-29-57(52)62-60(54)56)48-23-14-22-43(37-48)47-33-35-51-50-24-10-11-26-53(50)58(41-18-6-2-7-19-41)59(55(51)39-47)42-20-8-3-9-21-42/h1-39H. The quantitative estimate of drug-likeness (QED) is 0.145. The van der Waals surface area contributed by atoms with Crippen molar-refractivity contribution >= 4 is 80.9 Å². The highest BCUT2D eigenvalue weighted by molar-refractivity contribution is 7.26. The first-order chi connectivity index (χ1) is 30.7. The molecule has 0 bridgehead atoms. The largest absolute Gasteiger partial charge is 0.309 e. The van der Waals surface area contributed by atoms with Gasteiger partial charge in [-0.05, 0) is 125 Å². The summed E-state index contributed by atoms with van der Waals surface area (Å²) in [5.41, 5.74) is 13.1. The summed E-state index contributed by atoms with van der Waals surface area (Å²) >= 11 is 1.87. The van der Waals surface area contributed by atoms with Gasteiger partial charge in [0.1, 0.15) is 0 Å². The zero-order chi connectivity index (χ0) is 41.0. The van der Waals surface area contributed by atoms with Crippen molar-refractivity contribution in [2.45, 2.75) is 0 Å². The van der Waals surface area contributed by atoms with E-state index in [4.69, 9.17) is 0 Å². The van der Waals surface area contributed by atoms with Gasteiger partial charge in [-0.15, -0.1) is 11.3 Å². The SMILES string of the molecule is c1ccc(-c2ccc3cc(N(c4cccc(-c5ccc6c(c5)c(-c5ccccc5)c(-c5ccccc5)c5ccccc56)c4)c4cccc5c4sc4ccccc45)ccc3c2)cc1. The topological polar surface area (TPSA) is 3.24 Å². The van der Waals surface area contributed by atoms with Crippen LogP contribution in [0.4, 0.5) is 17.1 Å². The van der Waals surface area contributed by atoms with Crippen LogP contribution in [-0.4, -0.2) is 0 Å². The van der Waals surface area contributed by atoms with Crippen LogP contribution >= 0.6 is 11.3 Å². The van der Waals surface area contributed by atoms with E-state index in [2.05, 4.69) is 241 Å². The number of hydrogen-bond donors (Lipinski definition) is 0. The minimum absolute atomic E-state index is 1.11. The first kappa shape index (κ1) is 36.1. The summed E-state index contributed by atoms with van der Waals surface area (Å²) in [6.45, 7) is 0. The van der Waals surface area contributed by atoms with Crippen molar-refractivity contribution in [3.63, 3.8) is 0 Å². The van der Waals surface area contributed by atoms with E-state index in [1.807, 2.05) is 11.3 Å². The van der Waals surface area contributed by atoms with Gasteiger partial charge >= 0.3 is 0 Å².